The highest BCUT2D eigenvalue weighted by atomic mass is 31.2. The molecule has 6 heteroatoms. The molecule has 0 aliphatic rings. The highest BCUT2D eigenvalue weighted by Gasteiger charge is 2.40. The van der Waals surface area contributed by atoms with Crippen molar-refractivity contribution in [1.82, 2.24) is 0 Å². The fourth-order valence-electron chi connectivity index (χ4n) is 2.52. The van der Waals surface area contributed by atoms with Gasteiger partial charge >= 0.3 is 0 Å². The van der Waals surface area contributed by atoms with Crippen molar-refractivity contribution in [2.24, 2.45) is 4.74 Å². The quantitative estimate of drug-likeness (QED) is 0.504. The smallest absolute Gasteiger partial charge is 0.169 e. The zero-order valence-electron chi connectivity index (χ0n) is 15.9. The Hall–Kier alpha value is -1.55. The first-order valence-corrected chi connectivity index (χ1v) is 9.96. The first kappa shape index (κ1) is 19.8. The van der Waals surface area contributed by atoms with Gasteiger partial charge in [-0.15, -0.1) is 0 Å². The largest absolute Gasteiger partial charge is 0.494 e. The van der Waals surface area contributed by atoms with Crippen molar-refractivity contribution in [3.63, 3.8) is 0 Å². The van der Waals surface area contributed by atoms with Gasteiger partial charge in [-0.25, -0.2) is 4.74 Å². The van der Waals surface area contributed by atoms with Crippen LogP contribution in [0.1, 0.15) is 26.5 Å². The van der Waals surface area contributed by atoms with Crippen LogP contribution in [-0.4, -0.2) is 32.6 Å². The summed E-state index contributed by atoms with van der Waals surface area (Å²) in [6.45, 7) is 9.26. The van der Waals surface area contributed by atoms with Crippen molar-refractivity contribution in [3.8, 4) is 5.75 Å². The van der Waals surface area contributed by atoms with E-state index in [2.05, 4.69) is 20.8 Å². The average Bonchev–Trinajstić information content (AvgIpc) is 3.00. The van der Waals surface area contributed by atoms with E-state index in [0.29, 0.717) is 13.2 Å². The lowest BCUT2D eigenvalue weighted by Crippen LogP contribution is -2.25. The van der Waals surface area contributed by atoms with E-state index < -0.39 is 7.28 Å². The van der Waals surface area contributed by atoms with Gasteiger partial charge in [-0.2, -0.15) is 0 Å². The number of benzene rings is 1. The van der Waals surface area contributed by atoms with E-state index in [1.807, 2.05) is 43.3 Å². The summed E-state index contributed by atoms with van der Waals surface area (Å²) >= 11 is 0. The first-order chi connectivity index (χ1) is 11.8. The van der Waals surface area contributed by atoms with Crippen molar-refractivity contribution < 1.29 is 18.4 Å². The Morgan fingerprint density at radius 2 is 1.76 bits per heavy atom. The summed E-state index contributed by atoms with van der Waals surface area (Å²) in [6.07, 6.45) is 0. The number of furan rings is 1. The van der Waals surface area contributed by atoms with E-state index in [0.717, 1.165) is 22.7 Å². The average molecular weight is 365 g/mol. The number of hydrogen-bond donors (Lipinski definition) is 0. The molecule has 1 aromatic carbocycles. The minimum absolute atomic E-state index is 0.258. The molecule has 0 bridgehead atoms. The third-order valence-electron chi connectivity index (χ3n) is 3.83. The van der Waals surface area contributed by atoms with Crippen molar-refractivity contribution >= 4 is 18.5 Å². The van der Waals surface area contributed by atoms with Gasteiger partial charge in [0.2, 0.25) is 0 Å². The van der Waals surface area contributed by atoms with Crippen LogP contribution in [0.5, 0.6) is 5.75 Å². The molecule has 0 saturated heterocycles. The van der Waals surface area contributed by atoms with Crippen LogP contribution >= 0.6 is 7.28 Å². The van der Waals surface area contributed by atoms with Crippen LogP contribution in [0.25, 0.3) is 0 Å². The van der Waals surface area contributed by atoms with Gasteiger partial charge in [0.15, 0.2) is 12.8 Å². The summed E-state index contributed by atoms with van der Waals surface area (Å²) in [7, 11) is 0.804. The Labute approximate surface area is 150 Å². The van der Waals surface area contributed by atoms with Gasteiger partial charge in [-0.05, 0) is 31.2 Å². The maximum absolute atomic E-state index is 6.41. The number of rotatable bonds is 7. The molecular weight excluding hydrogens is 337 g/mol. The van der Waals surface area contributed by atoms with Crippen molar-refractivity contribution in [2.45, 2.75) is 32.9 Å². The molecule has 5 nitrogen and oxygen atoms in total. The lowest BCUT2D eigenvalue weighted by atomic mass is 10.3. The number of nitrogens with zero attached hydrogens (tertiary/aromatic N) is 1. The van der Waals surface area contributed by atoms with Crippen LogP contribution in [0.15, 0.2) is 45.6 Å². The second-order valence-corrected chi connectivity index (χ2v) is 10.1. The fraction of sp³-hybridized carbons (Fsp3) is 0.474. The second-order valence-electron chi connectivity index (χ2n) is 6.73. The number of hydrogen-bond acceptors (Lipinski definition) is 5. The molecule has 0 amide bonds. The molecular formula is C19H28NO4P. The van der Waals surface area contributed by atoms with Gasteiger partial charge in [0.05, 0.1) is 20.3 Å². The molecule has 0 N–H and O–H groups in total. The zero-order valence-corrected chi connectivity index (χ0v) is 16.8. The summed E-state index contributed by atoms with van der Waals surface area (Å²) in [5, 5.41) is -0.258. The van der Waals surface area contributed by atoms with E-state index >= 15 is 0 Å². The number of aryl methyl sites for hydroxylation is 1. The van der Waals surface area contributed by atoms with E-state index in [9.17, 15) is 0 Å². The summed E-state index contributed by atoms with van der Waals surface area (Å²) in [6, 6.07) is 11.6. The van der Waals surface area contributed by atoms with E-state index in [1.54, 1.807) is 14.2 Å². The lowest BCUT2D eigenvalue weighted by molar-refractivity contribution is 0.150. The normalized spacial score (nSPS) is 14.2. The Kier molecular flexibility index (Phi) is 6.50. The summed E-state index contributed by atoms with van der Waals surface area (Å²) in [5.41, 5.74) is 1.54. The summed E-state index contributed by atoms with van der Waals surface area (Å²) in [4.78, 5) is 0. The fourth-order valence-corrected chi connectivity index (χ4v) is 5.50. The van der Waals surface area contributed by atoms with Gasteiger partial charge in [-0.3, -0.25) is 0 Å². The van der Waals surface area contributed by atoms with Crippen molar-refractivity contribution in [1.29, 1.82) is 0 Å². The van der Waals surface area contributed by atoms with Gasteiger partial charge in [0.1, 0.15) is 17.2 Å². The lowest BCUT2D eigenvalue weighted by Gasteiger charge is -2.35. The van der Waals surface area contributed by atoms with Crippen molar-refractivity contribution in [3.05, 3.63) is 42.2 Å². The molecule has 0 aliphatic heterocycles. The molecule has 25 heavy (non-hydrogen) atoms. The Morgan fingerprint density at radius 3 is 2.32 bits per heavy atom. The minimum Gasteiger partial charge on any atom is -0.494 e. The molecule has 0 radical (unpaired) electrons. The highest BCUT2D eigenvalue weighted by Crippen LogP contribution is 2.63. The van der Waals surface area contributed by atoms with Gasteiger partial charge in [-0.1, -0.05) is 32.9 Å². The summed E-state index contributed by atoms with van der Waals surface area (Å²) < 4.78 is 28.2. The molecule has 0 spiro atoms. The molecule has 0 fully saturated rings. The molecule has 138 valence electrons. The molecule has 1 atom stereocenters. The molecule has 1 heterocycles. The van der Waals surface area contributed by atoms with Crippen molar-refractivity contribution in [2.75, 3.05) is 27.4 Å². The SMILES string of the molecule is COCCO[P@](=Nc1ccccc1OC)(c1ccc(C)o1)C(C)(C)C. The van der Waals surface area contributed by atoms with E-state index in [1.165, 1.54) is 0 Å². The topological polar surface area (TPSA) is 53.2 Å². The number of para-hydroxylation sites is 1. The van der Waals surface area contributed by atoms with Crippen LogP contribution < -0.4 is 10.2 Å². The molecule has 1 aromatic heterocycles. The van der Waals surface area contributed by atoms with Gasteiger partial charge in [0, 0.05) is 12.3 Å². The summed E-state index contributed by atoms with van der Waals surface area (Å²) in [5.74, 6) is 1.56. The van der Waals surface area contributed by atoms with Crippen LogP contribution in [0, 0.1) is 6.92 Å². The maximum Gasteiger partial charge on any atom is 0.169 e. The highest BCUT2D eigenvalue weighted by molar-refractivity contribution is 7.70. The minimum atomic E-state index is -2.50. The Balaban J connectivity index is 2.70. The zero-order chi connectivity index (χ0) is 18.5. The van der Waals surface area contributed by atoms with E-state index in [4.69, 9.17) is 23.2 Å². The Bertz CT molecular complexity index is 746. The Morgan fingerprint density at radius 1 is 1.04 bits per heavy atom. The predicted molar refractivity (Wildman–Crippen MR) is 103 cm³/mol. The van der Waals surface area contributed by atoms with E-state index in [-0.39, 0.29) is 5.16 Å². The third-order valence-corrected chi connectivity index (χ3v) is 7.54. The number of methoxy groups -OCH3 is 2. The molecule has 0 unspecified atom stereocenters. The van der Waals surface area contributed by atoms with Gasteiger partial charge in [0.25, 0.3) is 0 Å². The molecule has 0 saturated carbocycles. The third kappa shape index (κ3) is 4.35. The first-order valence-electron chi connectivity index (χ1n) is 8.30. The molecule has 2 aromatic rings. The van der Waals surface area contributed by atoms with Gasteiger partial charge < -0.3 is 18.4 Å². The monoisotopic (exact) mass is 365 g/mol. The predicted octanol–water partition coefficient (Wildman–Crippen LogP) is 5.13. The second kappa shape index (κ2) is 8.22. The standard InChI is InChI=1S/C19H28NO4P/c1-15-11-12-18(24-15)25(19(2,3)4,23-14-13-21-5)20-16-9-7-8-10-17(16)22-6/h7-12H,13-14H2,1-6H3/t25-/m1/s1. The van der Waals surface area contributed by atoms with Crippen LogP contribution in [0.2, 0.25) is 0 Å². The van der Waals surface area contributed by atoms with Crippen LogP contribution in [0.3, 0.4) is 0 Å². The van der Waals surface area contributed by atoms with Crippen LogP contribution in [-0.2, 0) is 9.26 Å². The molecule has 0 aliphatic carbocycles. The molecule has 2 rings (SSSR count). The van der Waals surface area contributed by atoms with Crippen LogP contribution in [0.4, 0.5) is 5.69 Å². The maximum atomic E-state index is 6.41. The number of ether oxygens (including phenoxy) is 2.